The molecular weight excluding hydrogens is 807 g/mol. The Bertz CT molecular complexity index is 3620. The number of nitrogens with zero attached hydrogens (tertiary/aromatic N) is 3. The van der Waals surface area contributed by atoms with Crippen molar-refractivity contribution in [2.24, 2.45) is 0 Å². The van der Waals surface area contributed by atoms with Crippen molar-refractivity contribution >= 4 is 42.3 Å². The predicted octanol–water partition coefficient (Wildman–Crippen LogP) is 16.7. The maximum Gasteiger partial charge on any atom is 0.164 e. The Morgan fingerprint density at radius 1 is 0.246 bits per heavy atom. The molecule has 0 aliphatic rings. The molecule has 12 aromatic rings. The summed E-state index contributed by atoms with van der Waals surface area (Å²) in [7, 11) is 0. The van der Waals surface area contributed by atoms with Gasteiger partial charge in [0.15, 0.2) is 17.5 Å². The van der Waals surface area contributed by atoms with Crippen molar-refractivity contribution in [2.45, 2.75) is 0 Å². The molecule has 0 radical (unpaired) electrons. The van der Waals surface area contributed by atoms with Crippen LogP contribution in [0.4, 0.5) is 0 Å². The first-order valence-electron chi connectivity index (χ1n) is 21.9. The lowest BCUT2D eigenvalue weighted by atomic mass is 9.93. The topological polar surface area (TPSA) is 38.7 Å². The zero-order chi connectivity index (χ0) is 43.1. The van der Waals surface area contributed by atoms with Gasteiger partial charge in [0, 0.05) is 36.9 Å². The predicted molar refractivity (Wildman–Crippen MR) is 274 cm³/mol. The van der Waals surface area contributed by atoms with Gasteiger partial charge in [-0.15, -0.1) is 11.3 Å². The van der Waals surface area contributed by atoms with Crippen LogP contribution in [-0.4, -0.2) is 15.0 Å². The first-order valence-corrected chi connectivity index (χ1v) is 22.7. The summed E-state index contributed by atoms with van der Waals surface area (Å²) in [6.07, 6.45) is 0. The normalized spacial score (nSPS) is 11.4. The van der Waals surface area contributed by atoms with Gasteiger partial charge in [-0.25, -0.2) is 15.0 Å². The molecule has 3 nitrogen and oxygen atoms in total. The lowest BCUT2D eigenvalue weighted by Gasteiger charge is -2.12. The fourth-order valence-corrected chi connectivity index (χ4v) is 10.3. The Kier molecular flexibility index (Phi) is 9.70. The summed E-state index contributed by atoms with van der Waals surface area (Å²) in [4.78, 5) is 15.5. The third-order valence-electron chi connectivity index (χ3n) is 12.3. The monoisotopic (exact) mass is 845 g/mol. The second kappa shape index (κ2) is 16.4. The van der Waals surface area contributed by atoms with Crippen LogP contribution >= 0.6 is 11.3 Å². The summed E-state index contributed by atoms with van der Waals surface area (Å²) < 4.78 is 2.62. The molecule has 0 bridgehead atoms. The average molecular weight is 846 g/mol. The Morgan fingerprint density at radius 3 is 1.14 bits per heavy atom. The fourth-order valence-electron chi connectivity index (χ4n) is 9.11. The quantitative estimate of drug-likeness (QED) is 0.153. The van der Waals surface area contributed by atoms with Gasteiger partial charge in [0.05, 0.1) is 0 Å². The molecule has 0 saturated carbocycles. The van der Waals surface area contributed by atoms with Gasteiger partial charge in [0.25, 0.3) is 0 Å². The first kappa shape index (κ1) is 38.4. The second-order valence-corrected chi connectivity index (χ2v) is 17.5. The lowest BCUT2D eigenvalue weighted by molar-refractivity contribution is 1.07. The van der Waals surface area contributed by atoms with Crippen molar-refractivity contribution in [3.63, 3.8) is 0 Å². The SMILES string of the molecule is c1ccc(-c2cccc(-c3nc(-c4cccc(-c5ccccc5)c4)nc(-c4cccc(-c5cccc(-c6cccc(-c7cccc8sc9ccc%10ccccc%10c9c78)c6)c5)c4)n3)c2)cc1. The molecule has 0 unspecified atom stereocenters. The van der Waals surface area contributed by atoms with E-state index in [-0.39, 0.29) is 0 Å². The molecule has 2 heterocycles. The number of hydrogen-bond acceptors (Lipinski definition) is 4. The van der Waals surface area contributed by atoms with E-state index in [1.54, 1.807) is 0 Å². The summed E-state index contributed by atoms with van der Waals surface area (Å²) in [6, 6.07) is 84.1. The van der Waals surface area contributed by atoms with E-state index in [2.05, 4.69) is 224 Å². The van der Waals surface area contributed by atoms with Crippen LogP contribution in [-0.2, 0) is 0 Å². The highest BCUT2D eigenvalue weighted by Crippen LogP contribution is 2.44. The molecule has 0 fully saturated rings. The van der Waals surface area contributed by atoms with Crippen LogP contribution in [0, 0.1) is 0 Å². The zero-order valence-corrected chi connectivity index (χ0v) is 36.1. The zero-order valence-electron chi connectivity index (χ0n) is 35.3. The lowest BCUT2D eigenvalue weighted by Crippen LogP contribution is -2.00. The molecule has 4 heteroatoms. The van der Waals surface area contributed by atoms with Crippen LogP contribution in [0.15, 0.2) is 237 Å². The van der Waals surface area contributed by atoms with Crippen molar-refractivity contribution in [1.82, 2.24) is 15.0 Å². The molecule has 304 valence electrons. The maximum absolute atomic E-state index is 5.18. The summed E-state index contributed by atoms with van der Waals surface area (Å²) in [5, 5.41) is 5.23. The van der Waals surface area contributed by atoms with Crippen molar-refractivity contribution in [3.8, 4) is 89.8 Å². The number of fused-ring (bicyclic) bond motifs is 5. The largest absolute Gasteiger partial charge is 0.208 e. The summed E-state index contributed by atoms with van der Waals surface area (Å²) in [5.41, 5.74) is 14.3. The number of aromatic nitrogens is 3. The van der Waals surface area contributed by atoms with Gasteiger partial charge in [0.1, 0.15) is 0 Å². The Hall–Kier alpha value is -8.31. The van der Waals surface area contributed by atoms with Gasteiger partial charge in [-0.3, -0.25) is 0 Å². The van der Waals surface area contributed by atoms with E-state index >= 15 is 0 Å². The second-order valence-electron chi connectivity index (χ2n) is 16.4. The molecular formula is C61H39N3S. The van der Waals surface area contributed by atoms with E-state index < -0.39 is 0 Å². The van der Waals surface area contributed by atoms with Crippen LogP contribution in [0.1, 0.15) is 0 Å². The van der Waals surface area contributed by atoms with Gasteiger partial charge in [-0.2, -0.15) is 0 Å². The van der Waals surface area contributed by atoms with Crippen LogP contribution in [0.3, 0.4) is 0 Å². The maximum atomic E-state index is 5.18. The summed E-state index contributed by atoms with van der Waals surface area (Å²) >= 11 is 1.87. The fraction of sp³-hybridized carbons (Fsp3) is 0. The Labute approximate surface area is 381 Å². The molecule has 2 aromatic heterocycles. The van der Waals surface area contributed by atoms with Crippen LogP contribution in [0.2, 0.25) is 0 Å². The standard InChI is InChI=1S/C61H39N3S/c1-3-15-40(16-4-1)43-20-11-27-50(37-43)59-62-60(51-28-12-21-44(38-51)41-17-5-2-6-18-41)64-61(63-59)52-29-13-25-48(39-52)46-23-9-22-45(35-46)47-24-10-26-49(36-47)54-31-14-32-55-58(54)57-53-30-8-7-19-42(53)33-34-56(57)65-55/h1-39H. The molecule has 12 rings (SSSR count). The van der Waals surface area contributed by atoms with Crippen molar-refractivity contribution < 1.29 is 0 Å². The number of benzene rings is 10. The van der Waals surface area contributed by atoms with Gasteiger partial charge in [-0.05, 0) is 109 Å². The molecule has 0 aliphatic heterocycles. The third-order valence-corrected chi connectivity index (χ3v) is 13.4. The molecule has 0 amide bonds. The minimum absolute atomic E-state index is 0.619. The number of rotatable bonds is 8. The van der Waals surface area contributed by atoms with E-state index in [1.807, 2.05) is 23.5 Å². The van der Waals surface area contributed by atoms with E-state index in [4.69, 9.17) is 15.0 Å². The number of thiophene rings is 1. The highest BCUT2D eigenvalue weighted by Gasteiger charge is 2.17. The van der Waals surface area contributed by atoms with Gasteiger partial charge >= 0.3 is 0 Å². The molecule has 0 atom stereocenters. The van der Waals surface area contributed by atoms with E-state index in [0.29, 0.717) is 17.5 Å². The first-order chi connectivity index (χ1) is 32.2. The third kappa shape index (κ3) is 7.36. The van der Waals surface area contributed by atoms with E-state index in [0.717, 1.165) is 55.6 Å². The Morgan fingerprint density at radius 2 is 0.615 bits per heavy atom. The molecule has 0 aliphatic carbocycles. The number of hydrogen-bond donors (Lipinski definition) is 0. The highest BCUT2D eigenvalue weighted by atomic mass is 32.1. The van der Waals surface area contributed by atoms with Crippen molar-refractivity contribution in [1.29, 1.82) is 0 Å². The van der Waals surface area contributed by atoms with Gasteiger partial charge in [0.2, 0.25) is 0 Å². The average Bonchev–Trinajstić information content (AvgIpc) is 3.79. The minimum atomic E-state index is 0.619. The van der Waals surface area contributed by atoms with Gasteiger partial charge in [-0.1, -0.05) is 194 Å². The van der Waals surface area contributed by atoms with Crippen molar-refractivity contribution in [3.05, 3.63) is 237 Å². The van der Waals surface area contributed by atoms with E-state index in [9.17, 15) is 0 Å². The highest BCUT2D eigenvalue weighted by molar-refractivity contribution is 7.26. The Balaban J connectivity index is 0.932. The summed E-state index contributed by atoms with van der Waals surface area (Å²) in [5.74, 6) is 1.87. The molecule has 10 aromatic carbocycles. The van der Waals surface area contributed by atoms with Crippen LogP contribution < -0.4 is 0 Å². The van der Waals surface area contributed by atoms with Crippen LogP contribution in [0.25, 0.3) is 121 Å². The van der Waals surface area contributed by atoms with Gasteiger partial charge < -0.3 is 0 Å². The minimum Gasteiger partial charge on any atom is -0.208 e. The molecule has 0 saturated heterocycles. The smallest absolute Gasteiger partial charge is 0.164 e. The molecule has 0 N–H and O–H groups in total. The molecule has 65 heavy (non-hydrogen) atoms. The van der Waals surface area contributed by atoms with Crippen LogP contribution in [0.5, 0.6) is 0 Å². The van der Waals surface area contributed by atoms with Crippen molar-refractivity contribution in [2.75, 3.05) is 0 Å². The van der Waals surface area contributed by atoms with E-state index in [1.165, 1.54) is 47.6 Å². The molecule has 0 spiro atoms. The summed E-state index contributed by atoms with van der Waals surface area (Å²) in [6.45, 7) is 0.